The number of rotatable bonds is 5. The van der Waals surface area contributed by atoms with E-state index in [4.69, 9.17) is 10.8 Å². The van der Waals surface area contributed by atoms with Crippen LogP contribution < -0.4 is 11.1 Å². The minimum atomic E-state index is -0.604. The lowest BCUT2D eigenvalue weighted by Crippen LogP contribution is -2.35. The molecule has 0 aliphatic carbocycles. The monoisotopic (exact) mass is 240 g/mol. The second-order valence-corrected chi connectivity index (χ2v) is 3.79. The van der Waals surface area contributed by atoms with E-state index >= 15 is 0 Å². The fourth-order valence-electron chi connectivity index (χ4n) is 1.53. The van der Waals surface area contributed by atoms with Gasteiger partial charge in [0, 0.05) is 12.6 Å². The van der Waals surface area contributed by atoms with Gasteiger partial charge in [0.25, 0.3) is 5.91 Å². The van der Waals surface area contributed by atoms with E-state index in [9.17, 15) is 9.18 Å². The third-order valence-electron chi connectivity index (χ3n) is 2.60. The molecule has 0 saturated carbocycles. The number of para-hydroxylation sites is 1. The van der Waals surface area contributed by atoms with E-state index in [1.807, 2.05) is 6.92 Å². The first kappa shape index (κ1) is 13.4. The van der Waals surface area contributed by atoms with E-state index in [1.54, 1.807) is 0 Å². The molecular formula is C12H17FN2O2. The molecule has 17 heavy (non-hydrogen) atoms. The molecule has 0 saturated heterocycles. The topological polar surface area (TPSA) is 75.3 Å². The van der Waals surface area contributed by atoms with Gasteiger partial charge in [-0.15, -0.1) is 0 Å². The molecule has 0 spiro atoms. The number of amides is 1. The van der Waals surface area contributed by atoms with Crippen molar-refractivity contribution in [3.8, 4) is 0 Å². The molecule has 1 rings (SSSR count). The smallest absolute Gasteiger partial charge is 0.253 e. The van der Waals surface area contributed by atoms with Crippen molar-refractivity contribution >= 4 is 11.6 Å². The highest BCUT2D eigenvalue weighted by molar-refractivity contribution is 5.99. The number of aliphatic hydroxyl groups is 1. The van der Waals surface area contributed by atoms with Crippen molar-refractivity contribution in [3.05, 3.63) is 29.6 Å². The maximum absolute atomic E-state index is 13.2. The molecule has 0 radical (unpaired) electrons. The van der Waals surface area contributed by atoms with Crippen molar-refractivity contribution in [3.63, 3.8) is 0 Å². The van der Waals surface area contributed by atoms with Gasteiger partial charge in [0.15, 0.2) is 0 Å². The first-order chi connectivity index (χ1) is 8.10. The van der Waals surface area contributed by atoms with Crippen LogP contribution in [0, 0.1) is 5.82 Å². The summed E-state index contributed by atoms with van der Waals surface area (Å²) in [6.45, 7) is 1.90. The Morgan fingerprint density at radius 3 is 2.88 bits per heavy atom. The number of nitrogen functional groups attached to an aromatic ring is 1. The lowest BCUT2D eigenvalue weighted by molar-refractivity contribution is 0.0929. The highest BCUT2D eigenvalue weighted by atomic mass is 19.1. The van der Waals surface area contributed by atoms with Crippen LogP contribution in [0.1, 0.15) is 30.1 Å². The molecule has 1 unspecified atom stereocenters. The zero-order chi connectivity index (χ0) is 12.8. The average Bonchev–Trinajstić information content (AvgIpc) is 2.31. The number of benzene rings is 1. The number of nitrogens with one attached hydrogen (secondary N) is 1. The van der Waals surface area contributed by atoms with Crippen molar-refractivity contribution in [2.45, 2.75) is 25.8 Å². The largest absolute Gasteiger partial charge is 0.396 e. The van der Waals surface area contributed by atoms with Crippen LogP contribution in [-0.2, 0) is 0 Å². The summed E-state index contributed by atoms with van der Waals surface area (Å²) >= 11 is 0. The molecule has 0 bridgehead atoms. The van der Waals surface area contributed by atoms with Gasteiger partial charge in [-0.3, -0.25) is 4.79 Å². The van der Waals surface area contributed by atoms with Crippen molar-refractivity contribution < 1.29 is 14.3 Å². The number of anilines is 1. The van der Waals surface area contributed by atoms with Crippen LogP contribution in [0.3, 0.4) is 0 Å². The van der Waals surface area contributed by atoms with E-state index in [0.29, 0.717) is 12.8 Å². The third-order valence-corrected chi connectivity index (χ3v) is 2.60. The van der Waals surface area contributed by atoms with Crippen molar-refractivity contribution in [1.82, 2.24) is 5.32 Å². The van der Waals surface area contributed by atoms with Gasteiger partial charge in [-0.25, -0.2) is 4.39 Å². The summed E-state index contributed by atoms with van der Waals surface area (Å²) < 4.78 is 13.2. The maximum atomic E-state index is 13.2. The lowest BCUT2D eigenvalue weighted by Gasteiger charge is -2.16. The number of carbonyl (C=O) groups excluding carboxylic acids is 1. The Bertz CT molecular complexity index is 396. The first-order valence-corrected chi connectivity index (χ1v) is 5.55. The molecule has 0 aromatic heterocycles. The third kappa shape index (κ3) is 3.42. The zero-order valence-corrected chi connectivity index (χ0v) is 9.74. The fourth-order valence-corrected chi connectivity index (χ4v) is 1.53. The number of aliphatic hydroxyl groups excluding tert-OH is 1. The van der Waals surface area contributed by atoms with Crippen LogP contribution in [0.2, 0.25) is 0 Å². The summed E-state index contributed by atoms with van der Waals surface area (Å²) in [5.74, 6) is -1.02. The number of hydrogen-bond acceptors (Lipinski definition) is 3. The van der Waals surface area contributed by atoms with Gasteiger partial charge in [-0.2, -0.15) is 0 Å². The highest BCUT2D eigenvalue weighted by Crippen LogP contribution is 2.16. The zero-order valence-electron chi connectivity index (χ0n) is 9.74. The van der Waals surface area contributed by atoms with Crippen LogP contribution in [0.5, 0.6) is 0 Å². The Labute approximate surface area is 99.6 Å². The van der Waals surface area contributed by atoms with Crippen LogP contribution in [0.15, 0.2) is 18.2 Å². The molecule has 1 atom stereocenters. The van der Waals surface area contributed by atoms with E-state index < -0.39 is 11.7 Å². The summed E-state index contributed by atoms with van der Waals surface area (Å²) in [5, 5.41) is 11.5. The van der Waals surface area contributed by atoms with Crippen LogP contribution in [0.4, 0.5) is 10.1 Å². The Morgan fingerprint density at radius 2 is 2.29 bits per heavy atom. The Morgan fingerprint density at radius 1 is 1.59 bits per heavy atom. The Balaban J connectivity index is 2.79. The molecule has 0 aliphatic heterocycles. The fraction of sp³-hybridized carbons (Fsp3) is 0.417. The van der Waals surface area contributed by atoms with Gasteiger partial charge in [-0.05, 0) is 25.0 Å². The first-order valence-electron chi connectivity index (χ1n) is 5.55. The van der Waals surface area contributed by atoms with Gasteiger partial charge < -0.3 is 16.2 Å². The van der Waals surface area contributed by atoms with E-state index in [1.165, 1.54) is 18.2 Å². The van der Waals surface area contributed by atoms with Crippen molar-refractivity contribution in [2.24, 2.45) is 0 Å². The molecule has 1 amide bonds. The molecular weight excluding hydrogens is 223 g/mol. The average molecular weight is 240 g/mol. The van der Waals surface area contributed by atoms with Crippen LogP contribution in [-0.4, -0.2) is 23.7 Å². The van der Waals surface area contributed by atoms with Crippen LogP contribution in [0.25, 0.3) is 0 Å². The Kier molecular flexibility index (Phi) is 4.90. The number of halogens is 1. The van der Waals surface area contributed by atoms with Gasteiger partial charge >= 0.3 is 0 Å². The molecule has 4 N–H and O–H groups in total. The summed E-state index contributed by atoms with van der Waals surface area (Å²) in [6.07, 6.45) is 1.17. The number of nitrogens with two attached hydrogens (primary N) is 1. The molecule has 1 aromatic carbocycles. The lowest BCUT2D eigenvalue weighted by atomic mass is 10.1. The highest BCUT2D eigenvalue weighted by Gasteiger charge is 2.15. The van der Waals surface area contributed by atoms with Crippen molar-refractivity contribution in [2.75, 3.05) is 12.3 Å². The Hall–Kier alpha value is -1.62. The maximum Gasteiger partial charge on any atom is 0.253 e. The molecule has 0 fully saturated rings. The van der Waals surface area contributed by atoms with Crippen LogP contribution >= 0.6 is 0 Å². The van der Waals surface area contributed by atoms with Gasteiger partial charge in [0.05, 0.1) is 11.3 Å². The second-order valence-electron chi connectivity index (χ2n) is 3.79. The van der Waals surface area contributed by atoms with E-state index in [2.05, 4.69) is 5.32 Å². The SMILES string of the molecule is CCC(CCO)NC(=O)c1cccc(F)c1N. The molecule has 5 heteroatoms. The second kappa shape index (κ2) is 6.20. The minimum Gasteiger partial charge on any atom is -0.396 e. The molecule has 1 aromatic rings. The van der Waals surface area contributed by atoms with Crippen molar-refractivity contribution in [1.29, 1.82) is 0 Å². The van der Waals surface area contributed by atoms with Gasteiger partial charge in [0.2, 0.25) is 0 Å². The standard InChI is InChI=1S/C12H17FN2O2/c1-2-8(6-7-16)15-12(17)9-4-3-5-10(13)11(9)14/h3-5,8,16H,2,6-7,14H2,1H3,(H,15,17). The number of hydrogen-bond donors (Lipinski definition) is 3. The van der Waals surface area contributed by atoms with E-state index in [0.717, 1.165) is 0 Å². The minimum absolute atomic E-state index is 0.00256. The predicted octanol–water partition coefficient (Wildman–Crippen LogP) is 1.30. The summed E-state index contributed by atoms with van der Waals surface area (Å²) in [5.41, 5.74) is 5.47. The quantitative estimate of drug-likeness (QED) is 0.679. The van der Waals surface area contributed by atoms with Gasteiger partial charge in [-0.1, -0.05) is 13.0 Å². The molecule has 0 heterocycles. The van der Waals surface area contributed by atoms with Gasteiger partial charge in [0.1, 0.15) is 5.82 Å². The summed E-state index contributed by atoms with van der Waals surface area (Å²) in [6, 6.07) is 3.99. The predicted molar refractivity (Wildman–Crippen MR) is 64.1 cm³/mol. The summed E-state index contributed by atoms with van der Waals surface area (Å²) in [7, 11) is 0. The molecule has 4 nitrogen and oxygen atoms in total. The molecule has 94 valence electrons. The molecule has 0 aliphatic rings. The van der Waals surface area contributed by atoms with E-state index in [-0.39, 0.29) is 23.9 Å². The normalized spacial score (nSPS) is 12.2. The summed E-state index contributed by atoms with van der Waals surface area (Å²) in [4.78, 5) is 11.8. The number of carbonyl (C=O) groups is 1.